The lowest BCUT2D eigenvalue weighted by molar-refractivity contribution is 0.752. The van der Waals surface area contributed by atoms with Crippen LogP contribution in [0.25, 0.3) is 11.3 Å². The van der Waals surface area contributed by atoms with Gasteiger partial charge < -0.3 is 21.3 Å². The number of fused-ring (bicyclic) bond motifs is 1. The summed E-state index contributed by atoms with van der Waals surface area (Å²) >= 11 is 0. The summed E-state index contributed by atoms with van der Waals surface area (Å²) in [5, 5.41) is 28.6. The second-order valence-corrected chi connectivity index (χ2v) is 8.54. The van der Waals surface area contributed by atoms with Crippen molar-refractivity contribution in [3.05, 3.63) is 48.7 Å². The van der Waals surface area contributed by atoms with Crippen LogP contribution >= 0.6 is 0 Å². The molecule has 4 aromatic rings. The van der Waals surface area contributed by atoms with Crippen molar-refractivity contribution in [2.45, 2.75) is 31.3 Å². The lowest BCUT2D eigenvalue weighted by Gasteiger charge is -2.22. The predicted molar refractivity (Wildman–Crippen MR) is 124 cm³/mol. The van der Waals surface area contributed by atoms with E-state index in [1.165, 1.54) is 0 Å². The topological polar surface area (TPSA) is 138 Å². The molecular weight excluding hydrogens is 418 g/mol. The standard InChI is InChI=1S/C22H23N11/c23-9-14-10-27-33-21(29-16-1-2-16)8-20(30-22(14)33)28-17-3-4-18(31-6-5-15(24)11-31)19(7-17)32-12-25-26-13-32/h3-4,7-8,10,12-13,15-16,29H,1-2,5-6,11,24H2,(H,28,30)/t15-/m1/s1. The molecule has 11 heteroatoms. The highest BCUT2D eigenvalue weighted by Crippen LogP contribution is 2.32. The van der Waals surface area contributed by atoms with Gasteiger partial charge >= 0.3 is 0 Å². The molecular formula is C22H23N11. The molecule has 0 spiro atoms. The summed E-state index contributed by atoms with van der Waals surface area (Å²) < 4.78 is 3.58. The average Bonchev–Trinajstić information content (AvgIpc) is 3.21. The summed E-state index contributed by atoms with van der Waals surface area (Å²) in [6.45, 7) is 1.73. The molecule has 0 unspecified atom stereocenters. The van der Waals surface area contributed by atoms with Crippen LogP contribution in [0, 0.1) is 11.3 Å². The Hall–Kier alpha value is -4.17. The highest BCUT2D eigenvalue weighted by Gasteiger charge is 2.24. The Balaban J connectivity index is 1.38. The van der Waals surface area contributed by atoms with Gasteiger partial charge in [0.2, 0.25) is 0 Å². The third kappa shape index (κ3) is 3.70. The average molecular weight is 442 g/mol. The minimum absolute atomic E-state index is 0.176. The second kappa shape index (κ2) is 7.75. The van der Waals surface area contributed by atoms with E-state index in [1.54, 1.807) is 23.4 Å². The highest BCUT2D eigenvalue weighted by atomic mass is 15.3. The molecule has 1 aliphatic heterocycles. The van der Waals surface area contributed by atoms with Gasteiger partial charge in [0, 0.05) is 36.9 Å². The van der Waals surface area contributed by atoms with E-state index < -0.39 is 0 Å². The van der Waals surface area contributed by atoms with Crippen LogP contribution in [-0.2, 0) is 0 Å². The Bertz CT molecular complexity index is 1350. The fraction of sp³-hybridized carbons (Fsp3) is 0.318. The zero-order valence-corrected chi connectivity index (χ0v) is 17.9. The molecule has 1 aromatic carbocycles. The molecule has 2 aliphatic rings. The molecule has 3 aromatic heterocycles. The van der Waals surface area contributed by atoms with Gasteiger partial charge in [0.25, 0.3) is 0 Å². The van der Waals surface area contributed by atoms with Crippen LogP contribution in [0.1, 0.15) is 24.8 Å². The largest absolute Gasteiger partial charge is 0.368 e. The normalized spacial score (nSPS) is 17.9. The van der Waals surface area contributed by atoms with Gasteiger partial charge in [-0.15, -0.1) is 10.2 Å². The minimum atomic E-state index is 0.176. The predicted octanol–water partition coefficient (Wildman–Crippen LogP) is 2.04. The maximum Gasteiger partial charge on any atom is 0.177 e. The fourth-order valence-corrected chi connectivity index (χ4v) is 4.20. The van der Waals surface area contributed by atoms with Crippen LogP contribution in [0.5, 0.6) is 0 Å². The van der Waals surface area contributed by atoms with Crippen LogP contribution < -0.4 is 21.3 Å². The molecule has 1 atom stereocenters. The summed E-state index contributed by atoms with van der Waals surface area (Å²) in [6, 6.07) is 10.9. The van der Waals surface area contributed by atoms with Gasteiger partial charge in [-0.1, -0.05) is 0 Å². The number of hydrogen-bond donors (Lipinski definition) is 3. The Kier molecular flexibility index (Phi) is 4.58. The molecule has 1 saturated heterocycles. The van der Waals surface area contributed by atoms with Crippen LogP contribution in [0.2, 0.25) is 0 Å². The molecule has 2 fully saturated rings. The lowest BCUT2D eigenvalue weighted by atomic mass is 10.2. The van der Waals surface area contributed by atoms with Crippen molar-refractivity contribution < 1.29 is 0 Å². The van der Waals surface area contributed by atoms with Gasteiger partial charge in [0.05, 0.1) is 17.6 Å². The summed E-state index contributed by atoms with van der Waals surface area (Å²) in [6.07, 6.45) is 8.14. The van der Waals surface area contributed by atoms with Crippen LogP contribution in [0.4, 0.5) is 23.0 Å². The number of nitriles is 1. The van der Waals surface area contributed by atoms with E-state index in [0.717, 1.165) is 55.2 Å². The number of nitrogens with one attached hydrogen (secondary N) is 2. The summed E-state index contributed by atoms with van der Waals surface area (Å²) in [4.78, 5) is 6.95. The van der Waals surface area contributed by atoms with Crippen molar-refractivity contribution >= 4 is 28.7 Å². The van der Waals surface area contributed by atoms with Gasteiger partial charge in [0.15, 0.2) is 5.65 Å². The maximum atomic E-state index is 9.47. The van der Waals surface area contributed by atoms with E-state index in [1.807, 2.05) is 22.8 Å². The van der Waals surface area contributed by atoms with Crippen LogP contribution in [-0.4, -0.2) is 54.5 Å². The Morgan fingerprint density at radius 2 is 1.94 bits per heavy atom. The van der Waals surface area contributed by atoms with E-state index in [0.29, 0.717) is 23.1 Å². The zero-order chi connectivity index (χ0) is 22.4. The Morgan fingerprint density at radius 3 is 2.67 bits per heavy atom. The van der Waals surface area contributed by atoms with Crippen molar-refractivity contribution in [2.24, 2.45) is 5.73 Å². The van der Waals surface area contributed by atoms with Crippen molar-refractivity contribution in [2.75, 3.05) is 28.6 Å². The Labute approximate surface area is 189 Å². The number of nitrogens with two attached hydrogens (primary N) is 1. The first-order chi connectivity index (χ1) is 16.2. The third-order valence-corrected chi connectivity index (χ3v) is 6.03. The summed E-state index contributed by atoms with van der Waals surface area (Å²) in [5.74, 6) is 1.45. The molecule has 6 rings (SSSR count). The van der Waals surface area contributed by atoms with Crippen molar-refractivity contribution in [1.82, 2.24) is 29.4 Å². The maximum absolute atomic E-state index is 9.47. The molecule has 11 nitrogen and oxygen atoms in total. The smallest absolute Gasteiger partial charge is 0.177 e. The van der Waals surface area contributed by atoms with Gasteiger partial charge in [-0.3, -0.25) is 4.57 Å². The van der Waals surface area contributed by atoms with E-state index >= 15 is 0 Å². The molecule has 0 bridgehead atoms. The molecule has 166 valence electrons. The van der Waals surface area contributed by atoms with E-state index in [9.17, 15) is 5.26 Å². The van der Waals surface area contributed by atoms with E-state index in [4.69, 9.17) is 5.73 Å². The molecule has 4 N–H and O–H groups in total. The number of aromatic nitrogens is 6. The van der Waals surface area contributed by atoms with Crippen LogP contribution in [0.15, 0.2) is 43.1 Å². The molecule has 33 heavy (non-hydrogen) atoms. The number of rotatable bonds is 6. The number of benzene rings is 1. The molecule has 1 saturated carbocycles. The van der Waals surface area contributed by atoms with Crippen molar-refractivity contribution in [1.29, 1.82) is 5.26 Å². The van der Waals surface area contributed by atoms with Crippen LogP contribution in [0.3, 0.4) is 0 Å². The molecule has 0 radical (unpaired) electrons. The number of anilines is 4. The van der Waals surface area contributed by atoms with Crippen molar-refractivity contribution in [3.63, 3.8) is 0 Å². The first-order valence-corrected chi connectivity index (χ1v) is 11.0. The SMILES string of the molecule is N#Cc1cnn2c(NC3CC3)cc(Nc3ccc(N4CC[C@@H](N)C4)c(-n4cnnc4)c3)nc12. The van der Waals surface area contributed by atoms with E-state index in [-0.39, 0.29) is 6.04 Å². The van der Waals surface area contributed by atoms with Gasteiger partial charge in [0.1, 0.15) is 35.9 Å². The fourth-order valence-electron chi connectivity index (χ4n) is 4.20. The summed E-state index contributed by atoms with van der Waals surface area (Å²) in [7, 11) is 0. The zero-order valence-electron chi connectivity index (χ0n) is 17.9. The number of hydrogen-bond acceptors (Lipinski definition) is 9. The minimum Gasteiger partial charge on any atom is -0.368 e. The molecule has 1 aliphatic carbocycles. The summed E-state index contributed by atoms with van der Waals surface area (Å²) in [5.41, 5.74) is 10.00. The first kappa shape index (κ1) is 19.5. The molecule has 0 amide bonds. The van der Waals surface area contributed by atoms with E-state index in [2.05, 4.69) is 47.9 Å². The Morgan fingerprint density at radius 1 is 1.09 bits per heavy atom. The lowest BCUT2D eigenvalue weighted by Crippen LogP contribution is -2.27. The quantitative estimate of drug-likeness (QED) is 0.410. The molecule has 4 heterocycles. The third-order valence-electron chi connectivity index (χ3n) is 6.03. The monoisotopic (exact) mass is 441 g/mol. The van der Waals surface area contributed by atoms with Gasteiger partial charge in [-0.25, -0.2) is 4.98 Å². The second-order valence-electron chi connectivity index (χ2n) is 8.54. The van der Waals surface area contributed by atoms with Crippen molar-refractivity contribution in [3.8, 4) is 11.8 Å². The number of nitrogens with zero attached hydrogens (tertiary/aromatic N) is 8. The van der Waals surface area contributed by atoms with Gasteiger partial charge in [-0.2, -0.15) is 14.9 Å². The highest BCUT2D eigenvalue weighted by molar-refractivity contribution is 5.73. The first-order valence-electron chi connectivity index (χ1n) is 11.0. The van der Waals surface area contributed by atoms with Gasteiger partial charge in [-0.05, 0) is 37.5 Å².